The second kappa shape index (κ2) is 4.79. The fourth-order valence-electron chi connectivity index (χ4n) is 5.61. The number of Topliss-reactive ketones (excluding diaryl/α,β-unsaturated/α-hetero) is 1. The second-order valence-corrected chi connectivity index (χ2v) is 7.59. The molecule has 2 saturated carbocycles. The summed E-state index contributed by atoms with van der Waals surface area (Å²) in [5.74, 6) is 1.32. The molecule has 0 unspecified atom stereocenters. The first-order valence-corrected chi connectivity index (χ1v) is 8.46. The number of benzene rings is 1. The Morgan fingerprint density at radius 3 is 2.78 bits per heavy atom. The predicted octanol–water partition coefficient (Wildman–Crippen LogP) is 3.73. The zero-order valence-corrected chi connectivity index (χ0v) is 13.2. The second-order valence-electron chi connectivity index (χ2n) is 7.59. The van der Waals surface area contributed by atoms with E-state index in [1.165, 1.54) is 6.07 Å². The molecule has 4 rings (SSSR count). The van der Waals surface area contributed by atoms with Crippen molar-refractivity contribution in [3.63, 3.8) is 0 Å². The zero-order valence-electron chi connectivity index (χ0n) is 13.2. The third kappa shape index (κ3) is 1.88. The monoisotopic (exact) mass is 315 g/mol. The zero-order chi connectivity index (χ0) is 16.4. The highest BCUT2D eigenvalue weighted by Gasteiger charge is 2.55. The summed E-state index contributed by atoms with van der Waals surface area (Å²) < 4.78 is 0. The minimum Gasteiger partial charge on any atom is -0.502 e. The van der Waals surface area contributed by atoms with Crippen molar-refractivity contribution in [2.75, 3.05) is 0 Å². The molecule has 1 aromatic rings. The molecular formula is C18H21NO4. The predicted molar refractivity (Wildman–Crippen MR) is 84.4 cm³/mol. The first-order valence-electron chi connectivity index (χ1n) is 8.46. The number of ketones is 1. The molecule has 0 heterocycles. The van der Waals surface area contributed by atoms with Crippen LogP contribution in [0.3, 0.4) is 0 Å². The third-order valence-electron chi connectivity index (χ3n) is 6.75. The molecule has 0 aliphatic heterocycles. The summed E-state index contributed by atoms with van der Waals surface area (Å²) in [7, 11) is 0. The number of hydrogen-bond acceptors (Lipinski definition) is 4. The van der Waals surface area contributed by atoms with E-state index in [1.54, 1.807) is 0 Å². The van der Waals surface area contributed by atoms with E-state index in [4.69, 9.17) is 0 Å². The number of rotatable bonds is 1. The van der Waals surface area contributed by atoms with Gasteiger partial charge in [0.2, 0.25) is 0 Å². The van der Waals surface area contributed by atoms with Gasteiger partial charge < -0.3 is 5.11 Å². The molecule has 3 aliphatic rings. The number of nitro benzene ring substituents is 1. The average molecular weight is 315 g/mol. The van der Waals surface area contributed by atoms with Crippen molar-refractivity contribution in [2.24, 2.45) is 17.3 Å². The first-order chi connectivity index (χ1) is 10.9. The fourth-order valence-corrected chi connectivity index (χ4v) is 5.61. The number of carbonyl (C=O) groups is 1. The molecule has 1 aromatic carbocycles. The Hall–Kier alpha value is -1.91. The topological polar surface area (TPSA) is 80.4 Å². The van der Waals surface area contributed by atoms with Crippen molar-refractivity contribution in [1.82, 2.24) is 0 Å². The largest absolute Gasteiger partial charge is 0.502 e. The molecule has 1 N–H and O–H groups in total. The summed E-state index contributed by atoms with van der Waals surface area (Å²) in [6.45, 7) is 2.12. The standard InChI is InChI=1S/C18H21NO4/c1-18-9-8-11-10-4-6-15(20)17(19(22)23)13(10)3-2-12(11)14(18)5-7-16(18)21/h4,6,11-12,14,20H,2-3,5,7-9H2,1H3/t11-,12-,14-,18-/m0/s1. The third-order valence-corrected chi connectivity index (χ3v) is 6.75. The lowest BCUT2D eigenvalue weighted by Gasteiger charge is -2.48. The van der Waals surface area contributed by atoms with Crippen LogP contribution in [0.2, 0.25) is 0 Å². The van der Waals surface area contributed by atoms with Crippen LogP contribution >= 0.6 is 0 Å². The van der Waals surface area contributed by atoms with Crippen molar-refractivity contribution >= 4 is 11.5 Å². The molecule has 2 fully saturated rings. The molecule has 0 radical (unpaired) electrons. The Kier molecular flexibility index (Phi) is 3.06. The molecule has 122 valence electrons. The van der Waals surface area contributed by atoms with E-state index in [1.807, 2.05) is 6.07 Å². The molecule has 5 nitrogen and oxygen atoms in total. The minimum atomic E-state index is -0.458. The lowest BCUT2D eigenvalue weighted by atomic mass is 9.55. The van der Waals surface area contributed by atoms with Crippen molar-refractivity contribution in [2.45, 2.75) is 51.4 Å². The van der Waals surface area contributed by atoms with Gasteiger partial charge in [0.05, 0.1) is 4.92 Å². The Morgan fingerprint density at radius 2 is 2.04 bits per heavy atom. The molecule has 0 aromatic heterocycles. The van der Waals surface area contributed by atoms with Gasteiger partial charge in [-0.25, -0.2) is 0 Å². The summed E-state index contributed by atoms with van der Waals surface area (Å²) in [5, 5.41) is 21.2. The number of aromatic hydroxyl groups is 1. The first kappa shape index (κ1) is 14.7. The lowest BCUT2D eigenvalue weighted by molar-refractivity contribution is -0.386. The number of nitrogens with zero attached hydrogens (tertiary/aromatic N) is 1. The number of hydrogen-bond donors (Lipinski definition) is 1. The summed E-state index contributed by atoms with van der Waals surface area (Å²) in [5.41, 5.74) is 1.45. The normalized spacial score (nSPS) is 35.3. The highest BCUT2D eigenvalue weighted by molar-refractivity contribution is 5.87. The van der Waals surface area contributed by atoms with Crippen molar-refractivity contribution in [3.8, 4) is 5.75 Å². The minimum absolute atomic E-state index is 0.114. The maximum Gasteiger partial charge on any atom is 0.314 e. The van der Waals surface area contributed by atoms with E-state index in [0.29, 0.717) is 41.9 Å². The van der Waals surface area contributed by atoms with Crippen molar-refractivity contribution < 1.29 is 14.8 Å². The van der Waals surface area contributed by atoms with Gasteiger partial charge in [-0.2, -0.15) is 0 Å². The van der Waals surface area contributed by atoms with Crippen molar-refractivity contribution in [3.05, 3.63) is 33.4 Å². The Labute approximate surface area is 134 Å². The smallest absolute Gasteiger partial charge is 0.314 e. The van der Waals surface area contributed by atoms with Gasteiger partial charge >= 0.3 is 5.69 Å². The van der Waals surface area contributed by atoms with Gasteiger partial charge in [0, 0.05) is 17.4 Å². The van der Waals surface area contributed by atoms with Crippen LogP contribution < -0.4 is 0 Å². The number of phenols is 1. The molecular weight excluding hydrogens is 294 g/mol. The maximum absolute atomic E-state index is 12.3. The quantitative estimate of drug-likeness (QED) is 0.632. The van der Waals surface area contributed by atoms with Gasteiger partial charge in [-0.3, -0.25) is 14.9 Å². The number of nitro groups is 1. The summed E-state index contributed by atoms with van der Waals surface area (Å²) in [6.07, 6.45) is 4.96. The number of fused-ring (bicyclic) bond motifs is 5. The van der Waals surface area contributed by atoms with Gasteiger partial charge in [0.25, 0.3) is 0 Å². The molecule has 0 bridgehead atoms. The Morgan fingerprint density at radius 1 is 1.26 bits per heavy atom. The van der Waals surface area contributed by atoms with Gasteiger partial charge in [-0.1, -0.05) is 13.0 Å². The molecule has 3 aliphatic carbocycles. The van der Waals surface area contributed by atoms with Gasteiger partial charge in [0.15, 0.2) is 5.75 Å². The Bertz CT molecular complexity index is 713. The van der Waals surface area contributed by atoms with Crippen LogP contribution in [0.4, 0.5) is 5.69 Å². The lowest BCUT2D eigenvalue weighted by Crippen LogP contribution is -2.42. The molecule has 0 saturated heterocycles. The molecule has 0 amide bonds. The molecule has 0 spiro atoms. The van der Waals surface area contributed by atoms with Crippen LogP contribution in [-0.2, 0) is 11.2 Å². The van der Waals surface area contributed by atoms with Crippen LogP contribution in [0, 0.1) is 27.4 Å². The van der Waals surface area contributed by atoms with Crippen LogP contribution in [0.5, 0.6) is 5.75 Å². The van der Waals surface area contributed by atoms with Gasteiger partial charge in [-0.05, 0) is 61.5 Å². The Balaban J connectivity index is 1.77. The number of carbonyl (C=O) groups excluding carboxylic acids is 1. The van der Waals surface area contributed by atoms with E-state index >= 15 is 0 Å². The fraction of sp³-hybridized carbons (Fsp3) is 0.611. The van der Waals surface area contributed by atoms with E-state index < -0.39 is 4.92 Å². The highest BCUT2D eigenvalue weighted by Crippen LogP contribution is 2.60. The van der Waals surface area contributed by atoms with Gasteiger partial charge in [0.1, 0.15) is 5.78 Å². The van der Waals surface area contributed by atoms with Crippen LogP contribution in [-0.4, -0.2) is 15.8 Å². The van der Waals surface area contributed by atoms with E-state index in [0.717, 1.165) is 31.2 Å². The maximum atomic E-state index is 12.3. The molecule has 5 heteroatoms. The van der Waals surface area contributed by atoms with Gasteiger partial charge in [-0.15, -0.1) is 0 Å². The number of phenolic OH excluding ortho intramolecular Hbond substituents is 1. The van der Waals surface area contributed by atoms with Crippen LogP contribution in [0.1, 0.15) is 56.1 Å². The van der Waals surface area contributed by atoms with Crippen molar-refractivity contribution in [1.29, 1.82) is 0 Å². The van der Waals surface area contributed by atoms with E-state index in [9.17, 15) is 20.0 Å². The molecule has 4 atom stereocenters. The van der Waals surface area contributed by atoms with E-state index in [-0.39, 0.29) is 16.9 Å². The molecule has 23 heavy (non-hydrogen) atoms. The summed E-state index contributed by atoms with van der Waals surface area (Å²) in [4.78, 5) is 23.2. The van der Waals surface area contributed by atoms with Crippen LogP contribution in [0.25, 0.3) is 0 Å². The summed E-state index contributed by atoms with van der Waals surface area (Å²) in [6, 6.07) is 3.33. The average Bonchev–Trinajstić information content (AvgIpc) is 2.82. The summed E-state index contributed by atoms with van der Waals surface area (Å²) >= 11 is 0. The van der Waals surface area contributed by atoms with E-state index in [2.05, 4.69) is 6.92 Å². The van der Waals surface area contributed by atoms with Crippen LogP contribution in [0.15, 0.2) is 12.1 Å². The highest BCUT2D eigenvalue weighted by atomic mass is 16.6. The SMILES string of the molecule is C[C@]12CC[C@H]3c4ccc(O)c([N+](=O)[O-])c4CC[C@@H]3[C@@H]1CCC2=O.